The highest BCUT2D eigenvalue weighted by Gasteiger charge is 2.08. The molecule has 0 aliphatic carbocycles. The molecule has 0 atom stereocenters. The van der Waals surface area contributed by atoms with Crippen molar-refractivity contribution in [3.8, 4) is 0 Å². The van der Waals surface area contributed by atoms with E-state index in [0.717, 1.165) is 10.4 Å². The third-order valence-electron chi connectivity index (χ3n) is 3.36. The molecule has 116 valence electrons. The van der Waals surface area contributed by atoms with Crippen molar-refractivity contribution < 1.29 is 4.79 Å². The SMILES string of the molecule is CN(Cc1cc2ccccc2s1)C(=O)C=Cc1cnc(N)nc1. The molecule has 6 heteroatoms. The number of amides is 1. The zero-order chi connectivity index (χ0) is 16.2. The van der Waals surface area contributed by atoms with Crippen LogP contribution in [0.5, 0.6) is 0 Å². The van der Waals surface area contributed by atoms with Gasteiger partial charge >= 0.3 is 0 Å². The fourth-order valence-corrected chi connectivity index (χ4v) is 3.27. The van der Waals surface area contributed by atoms with Crippen molar-refractivity contribution in [3.05, 3.63) is 59.2 Å². The van der Waals surface area contributed by atoms with Crippen molar-refractivity contribution in [2.75, 3.05) is 12.8 Å². The maximum Gasteiger partial charge on any atom is 0.246 e. The zero-order valence-corrected chi connectivity index (χ0v) is 13.5. The molecule has 0 unspecified atom stereocenters. The van der Waals surface area contributed by atoms with E-state index < -0.39 is 0 Å². The smallest absolute Gasteiger partial charge is 0.246 e. The molecule has 1 amide bonds. The molecule has 3 rings (SSSR count). The summed E-state index contributed by atoms with van der Waals surface area (Å²) < 4.78 is 1.23. The number of benzene rings is 1. The van der Waals surface area contributed by atoms with Crippen molar-refractivity contribution in [1.82, 2.24) is 14.9 Å². The van der Waals surface area contributed by atoms with Crippen LogP contribution in [0.4, 0.5) is 5.95 Å². The summed E-state index contributed by atoms with van der Waals surface area (Å²) in [5.74, 6) is 0.148. The molecule has 0 aliphatic rings. The maximum atomic E-state index is 12.2. The number of carbonyl (C=O) groups excluding carboxylic acids is 1. The van der Waals surface area contributed by atoms with E-state index in [1.807, 2.05) is 12.1 Å². The number of carbonyl (C=O) groups is 1. The number of aromatic nitrogens is 2. The standard InChI is InChI=1S/C17H16N4OS/c1-21(11-14-8-13-4-2-3-5-15(13)23-14)16(22)7-6-12-9-19-17(18)20-10-12/h2-10H,11H2,1H3,(H2,18,19,20). The molecule has 1 aromatic carbocycles. The minimum absolute atomic E-state index is 0.0701. The number of rotatable bonds is 4. The van der Waals surface area contributed by atoms with Gasteiger partial charge in [0.2, 0.25) is 11.9 Å². The van der Waals surface area contributed by atoms with Gasteiger partial charge in [-0.25, -0.2) is 9.97 Å². The molecular weight excluding hydrogens is 308 g/mol. The first-order valence-electron chi connectivity index (χ1n) is 7.10. The molecule has 0 radical (unpaired) electrons. The first-order valence-corrected chi connectivity index (χ1v) is 7.91. The molecule has 3 aromatic rings. The number of anilines is 1. The van der Waals surface area contributed by atoms with Crippen LogP contribution in [0.15, 0.2) is 48.8 Å². The van der Waals surface area contributed by atoms with Crippen LogP contribution in [0.1, 0.15) is 10.4 Å². The summed E-state index contributed by atoms with van der Waals surface area (Å²) >= 11 is 1.71. The van der Waals surface area contributed by atoms with Gasteiger partial charge in [0.15, 0.2) is 0 Å². The minimum Gasteiger partial charge on any atom is -0.368 e. The highest BCUT2D eigenvalue weighted by molar-refractivity contribution is 7.19. The van der Waals surface area contributed by atoms with Gasteiger partial charge in [0.1, 0.15) is 0 Å². The second-order valence-corrected chi connectivity index (χ2v) is 6.32. The van der Waals surface area contributed by atoms with Crippen LogP contribution >= 0.6 is 11.3 Å². The Bertz CT molecular complexity index is 821. The Morgan fingerprint density at radius 2 is 2.04 bits per heavy atom. The van der Waals surface area contributed by atoms with Crippen molar-refractivity contribution in [3.63, 3.8) is 0 Å². The van der Waals surface area contributed by atoms with Gasteiger partial charge in [0.25, 0.3) is 0 Å². The lowest BCUT2D eigenvalue weighted by molar-refractivity contribution is -0.125. The molecule has 0 aliphatic heterocycles. The average molecular weight is 324 g/mol. The molecule has 2 N–H and O–H groups in total. The van der Waals surface area contributed by atoms with Crippen molar-refractivity contribution in [2.45, 2.75) is 6.54 Å². The van der Waals surface area contributed by atoms with Crippen LogP contribution in [0.2, 0.25) is 0 Å². The van der Waals surface area contributed by atoms with Crippen LogP contribution in [0.3, 0.4) is 0 Å². The Hall–Kier alpha value is -2.73. The van der Waals surface area contributed by atoms with Crippen molar-refractivity contribution >= 4 is 39.4 Å². The lowest BCUT2D eigenvalue weighted by Gasteiger charge is -2.13. The van der Waals surface area contributed by atoms with Crippen molar-refractivity contribution in [1.29, 1.82) is 0 Å². The van der Waals surface area contributed by atoms with Crippen LogP contribution in [0.25, 0.3) is 16.2 Å². The molecule has 2 heterocycles. The van der Waals surface area contributed by atoms with E-state index in [-0.39, 0.29) is 11.9 Å². The van der Waals surface area contributed by atoms with Gasteiger partial charge < -0.3 is 10.6 Å². The van der Waals surface area contributed by atoms with Gasteiger partial charge in [-0.2, -0.15) is 0 Å². The zero-order valence-electron chi connectivity index (χ0n) is 12.6. The van der Waals surface area contributed by atoms with E-state index in [2.05, 4.69) is 28.2 Å². The number of nitrogen functional groups attached to an aromatic ring is 1. The molecule has 0 saturated heterocycles. The summed E-state index contributed by atoms with van der Waals surface area (Å²) in [5, 5.41) is 1.21. The number of hydrogen-bond donors (Lipinski definition) is 1. The van der Waals surface area contributed by atoms with Gasteiger partial charge in [0.05, 0.1) is 6.54 Å². The summed E-state index contributed by atoms with van der Waals surface area (Å²) in [5.41, 5.74) is 6.17. The Labute approximate surface area is 138 Å². The first-order chi connectivity index (χ1) is 11.1. The lowest BCUT2D eigenvalue weighted by Crippen LogP contribution is -2.23. The maximum absolute atomic E-state index is 12.2. The number of likely N-dealkylation sites (N-methyl/N-ethyl adjacent to an activating group) is 1. The highest BCUT2D eigenvalue weighted by atomic mass is 32.1. The Kier molecular flexibility index (Phi) is 4.34. The molecular formula is C17H16N4OS. The molecule has 23 heavy (non-hydrogen) atoms. The highest BCUT2D eigenvalue weighted by Crippen LogP contribution is 2.26. The van der Waals surface area contributed by atoms with Crippen LogP contribution in [-0.2, 0) is 11.3 Å². The van der Waals surface area contributed by atoms with E-state index in [1.54, 1.807) is 41.8 Å². The summed E-state index contributed by atoms with van der Waals surface area (Å²) in [7, 11) is 1.79. The van der Waals surface area contributed by atoms with Gasteiger partial charge in [-0.05, 0) is 23.6 Å². The number of nitrogens with zero attached hydrogens (tertiary/aromatic N) is 3. The lowest BCUT2D eigenvalue weighted by atomic mass is 10.2. The third-order valence-corrected chi connectivity index (χ3v) is 4.46. The van der Waals surface area contributed by atoms with Gasteiger partial charge in [-0.15, -0.1) is 11.3 Å². The van der Waals surface area contributed by atoms with Crippen LogP contribution in [-0.4, -0.2) is 27.8 Å². The predicted octanol–water partition coefficient (Wildman–Crippen LogP) is 2.95. The Balaban J connectivity index is 1.66. The average Bonchev–Trinajstić information content (AvgIpc) is 2.96. The van der Waals surface area contributed by atoms with Gasteiger partial charge in [-0.3, -0.25) is 4.79 Å². The van der Waals surface area contributed by atoms with Gasteiger partial charge in [0, 0.05) is 40.7 Å². The molecule has 0 saturated carbocycles. The fourth-order valence-electron chi connectivity index (χ4n) is 2.16. The normalized spacial score (nSPS) is 11.2. The van der Waals surface area contributed by atoms with Crippen molar-refractivity contribution in [2.24, 2.45) is 0 Å². The number of nitrogens with two attached hydrogens (primary N) is 1. The number of hydrogen-bond acceptors (Lipinski definition) is 5. The summed E-state index contributed by atoms with van der Waals surface area (Å²) in [6.45, 7) is 0.584. The summed E-state index contributed by atoms with van der Waals surface area (Å²) in [6.07, 6.45) is 6.36. The number of fused-ring (bicyclic) bond motifs is 1. The first kappa shape index (κ1) is 15.2. The van der Waals surface area contributed by atoms with E-state index in [4.69, 9.17) is 5.73 Å². The summed E-state index contributed by atoms with van der Waals surface area (Å²) in [4.78, 5) is 22.8. The molecule has 5 nitrogen and oxygen atoms in total. The summed E-state index contributed by atoms with van der Waals surface area (Å²) in [6, 6.07) is 10.3. The monoisotopic (exact) mass is 324 g/mol. The van der Waals surface area contributed by atoms with E-state index in [0.29, 0.717) is 6.54 Å². The largest absolute Gasteiger partial charge is 0.368 e. The fraction of sp³-hybridized carbons (Fsp3) is 0.118. The molecule has 0 fully saturated rings. The number of thiophene rings is 1. The third kappa shape index (κ3) is 3.73. The van der Waals surface area contributed by atoms with E-state index >= 15 is 0 Å². The van der Waals surface area contributed by atoms with Crippen LogP contribution < -0.4 is 5.73 Å². The molecule has 2 aromatic heterocycles. The minimum atomic E-state index is -0.0701. The second kappa shape index (κ2) is 6.58. The Morgan fingerprint density at radius 1 is 1.30 bits per heavy atom. The predicted molar refractivity (Wildman–Crippen MR) is 93.8 cm³/mol. The van der Waals surface area contributed by atoms with Crippen LogP contribution in [0, 0.1) is 0 Å². The van der Waals surface area contributed by atoms with E-state index in [9.17, 15) is 4.79 Å². The quantitative estimate of drug-likeness (QED) is 0.749. The second-order valence-electron chi connectivity index (χ2n) is 5.15. The van der Waals surface area contributed by atoms with E-state index in [1.165, 1.54) is 16.2 Å². The Morgan fingerprint density at radius 3 is 2.78 bits per heavy atom. The molecule has 0 spiro atoms. The molecule has 0 bridgehead atoms. The topological polar surface area (TPSA) is 72.1 Å². The van der Waals surface area contributed by atoms with Gasteiger partial charge in [-0.1, -0.05) is 18.2 Å².